The van der Waals surface area contributed by atoms with Crippen LogP contribution in [-0.2, 0) is 21.3 Å². The lowest BCUT2D eigenvalue weighted by atomic mass is 9.98. The number of hydrogen-bond donors (Lipinski definition) is 3. The smallest absolute Gasteiger partial charge is 0.407 e. The van der Waals surface area contributed by atoms with Crippen LogP contribution in [0.3, 0.4) is 0 Å². The molecule has 5 rings (SSSR count). The minimum Gasteiger partial charge on any atom is -0.477 e. The molecule has 1 saturated heterocycles. The summed E-state index contributed by atoms with van der Waals surface area (Å²) >= 11 is 0. The molecule has 35 heavy (non-hydrogen) atoms. The van der Waals surface area contributed by atoms with Crippen molar-refractivity contribution in [3.63, 3.8) is 0 Å². The number of aromatic carboxylic acids is 1. The fourth-order valence-corrected chi connectivity index (χ4v) is 4.71. The molecular formula is C25H24N4O6. The second-order valence-electron chi connectivity index (χ2n) is 8.49. The molecule has 2 amide bonds. The first-order chi connectivity index (χ1) is 16.9. The van der Waals surface area contributed by atoms with Crippen LogP contribution in [0.15, 0.2) is 54.6 Å². The summed E-state index contributed by atoms with van der Waals surface area (Å²) < 4.78 is 12.3. The summed E-state index contributed by atoms with van der Waals surface area (Å²) in [5.74, 6) is -1.67. The fourth-order valence-electron chi connectivity index (χ4n) is 4.71. The number of fused-ring (bicyclic) bond motifs is 3. The van der Waals surface area contributed by atoms with Gasteiger partial charge in [0.15, 0.2) is 11.9 Å². The Bertz CT molecular complexity index is 1260. The van der Waals surface area contributed by atoms with Crippen molar-refractivity contribution in [3.05, 3.63) is 71.4 Å². The maximum absolute atomic E-state index is 12.7. The van der Waals surface area contributed by atoms with E-state index in [9.17, 15) is 14.4 Å². The molecule has 1 aliphatic heterocycles. The Morgan fingerprint density at radius 3 is 2.40 bits per heavy atom. The van der Waals surface area contributed by atoms with Crippen LogP contribution < -0.4 is 10.6 Å². The predicted molar refractivity (Wildman–Crippen MR) is 125 cm³/mol. The number of aryl methyl sites for hydroxylation is 1. The molecule has 3 N–H and O–H groups in total. The zero-order valence-corrected chi connectivity index (χ0v) is 18.9. The number of alkyl carbamates (subject to hydrolysis) is 1. The molecule has 0 unspecified atom stereocenters. The number of benzene rings is 2. The van der Waals surface area contributed by atoms with E-state index in [2.05, 4.69) is 27.9 Å². The summed E-state index contributed by atoms with van der Waals surface area (Å²) in [7, 11) is 1.46. The number of anilines is 1. The minimum absolute atomic E-state index is 0.0686. The lowest BCUT2D eigenvalue weighted by molar-refractivity contribution is -0.125. The number of nitrogens with zero attached hydrogens (tertiary/aromatic N) is 2. The van der Waals surface area contributed by atoms with Gasteiger partial charge in [-0.25, -0.2) is 9.59 Å². The van der Waals surface area contributed by atoms with Gasteiger partial charge < -0.3 is 25.2 Å². The van der Waals surface area contributed by atoms with Crippen LogP contribution >= 0.6 is 0 Å². The van der Waals surface area contributed by atoms with E-state index in [0.29, 0.717) is 6.42 Å². The molecule has 0 spiro atoms. The normalized spacial score (nSPS) is 18.5. The van der Waals surface area contributed by atoms with Gasteiger partial charge in [-0.1, -0.05) is 48.5 Å². The monoisotopic (exact) mass is 476 g/mol. The summed E-state index contributed by atoms with van der Waals surface area (Å²) in [5, 5.41) is 18.4. The molecule has 180 valence electrons. The van der Waals surface area contributed by atoms with Gasteiger partial charge in [-0.05, 0) is 28.7 Å². The second-order valence-corrected chi connectivity index (χ2v) is 8.49. The highest BCUT2D eigenvalue weighted by Crippen LogP contribution is 2.44. The first-order valence-corrected chi connectivity index (χ1v) is 11.2. The summed E-state index contributed by atoms with van der Waals surface area (Å²) in [6.45, 7) is 0.450. The molecule has 2 aliphatic rings. The topological polar surface area (TPSA) is 132 Å². The van der Waals surface area contributed by atoms with Gasteiger partial charge in [0, 0.05) is 25.6 Å². The molecule has 1 fully saturated rings. The van der Waals surface area contributed by atoms with Crippen LogP contribution in [0.1, 0.15) is 34.0 Å². The zero-order chi connectivity index (χ0) is 24.5. The van der Waals surface area contributed by atoms with Crippen LogP contribution in [0.5, 0.6) is 0 Å². The van der Waals surface area contributed by atoms with Crippen LogP contribution in [0.2, 0.25) is 0 Å². The zero-order valence-electron chi connectivity index (χ0n) is 18.9. The summed E-state index contributed by atoms with van der Waals surface area (Å²) in [4.78, 5) is 36.5. The maximum atomic E-state index is 12.7. The quantitative estimate of drug-likeness (QED) is 0.498. The summed E-state index contributed by atoms with van der Waals surface area (Å²) in [6, 6.07) is 16.8. The fraction of sp³-hybridized carbons (Fsp3) is 0.280. The number of carbonyl (C=O) groups is 3. The van der Waals surface area contributed by atoms with E-state index in [1.807, 2.05) is 36.4 Å². The summed E-state index contributed by atoms with van der Waals surface area (Å²) in [6.07, 6.45) is -1.15. The largest absolute Gasteiger partial charge is 0.477 e. The van der Waals surface area contributed by atoms with Crippen LogP contribution in [0.4, 0.5) is 10.6 Å². The van der Waals surface area contributed by atoms with Gasteiger partial charge in [0.2, 0.25) is 0 Å². The first-order valence-electron chi connectivity index (χ1n) is 11.2. The summed E-state index contributed by atoms with van der Waals surface area (Å²) in [5.41, 5.74) is 4.43. The third-order valence-electron chi connectivity index (χ3n) is 6.35. The van der Waals surface area contributed by atoms with Crippen molar-refractivity contribution in [2.45, 2.75) is 24.5 Å². The molecule has 1 aromatic heterocycles. The Kier molecular flexibility index (Phi) is 5.96. The van der Waals surface area contributed by atoms with Gasteiger partial charge in [-0.3, -0.25) is 9.48 Å². The Balaban J connectivity index is 1.20. The van der Waals surface area contributed by atoms with Gasteiger partial charge >= 0.3 is 12.1 Å². The molecule has 1 aliphatic carbocycles. The molecular weight excluding hydrogens is 452 g/mol. The van der Waals surface area contributed by atoms with Crippen molar-refractivity contribution in [2.24, 2.45) is 7.05 Å². The van der Waals surface area contributed by atoms with Crippen molar-refractivity contribution in [1.29, 1.82) is 0 Å². The van der Waals surface area contributed by atoms with Crippen molar-refractivity contribution in [1.82, 2.24) is 15.1 Å². The van der Waals surface area contributed by atoms with Crippen LogP contribution in [0.25, 0.3) is 11.1 Å². The Hall–Kier alpha value is -4.18. The number of hydrogen-bond acceptors (Lipinski definition) is 6. The van der Waals surface area contributed by atoms with Gasteiger partial charge in [-0.15, -0.1) is 0 Å². The van der Waals surface area contributed by atoms with Gasteiger partial charge in [0.1, 0.15) is 12.3 Å². The lowest BCUT2D eigenvalue weighted by Crippen LogP contribution is -2.46. The highest BCUT2D eigenvalue weighted by Gasteiger charge is 2.37. The van der Waals surface area contributed by atoms with E-state index in [0.717, 1.165) is 26.9 Å². The van der Waals surface area contributed by atoms with E-state index >= 15 is 0 Å². The van der Waals surface area contributed by atoms with E-state index < -0.39 is 30.1 Å². The molecule has 0 radical (unpaired) electrons. The second kappa shape index (κ2) is 9.22. The molecule has 0 saturated carbocycles. The molecule has 2 aromatic carbocycles. The number of rotatable bonds is 6. The Morgan fingerprint density at radius 1 is 1.11 bits per heavy atom. The van der Waals surface area contributed by atoms with Crippen molar-refractivity contribution < 1.29 is 29.0 Å². The van der Waals surface area contributed by atoms with Gasteiger partial charge in [0.25, 0.3) is 5.91 Å². The van der Waals surface area contributed by atoms with Crippen molar-refractivity contribution >= 4 is 23.8 Å². The van der Waals surface area contributed by atoms with E-state index in [1.54, 1.807) is 0 Å². The number of aromatic nitrogens is 2. The number of carboxylic acid groups (broad SMARTS) is 1. The molecule has 10 nitrogen and oxygen atoms in total. The maximum Gasteiger partial charge on any atom is 0.407 e. The number of ether oxygens (including phenoxy) is 2. The molecule has 2 atom stereocenters. The number of carboxylic acids is 1. The Morgan fingerprint density at radius 2 is 1.77 bits per heavy atom. The average Bonchev–Trinajstić information content (AvgIpc) is 3.53. The molecule has 2 heterocycles. The van der Waals surface area contributed by atoms with E-state index in [4.69, 9.17) is 14.6 Å². The lowest BCUT2D eigenvalue weighted by Gasteiger charge is -2.20. The third-order valence-corrected chi connectivity index (χ3v) is 6.35. The molecule has 10 heteroatoms. The highest BCUT2D eigenvalue weighted by atomic mass is 16.6. The van der Waals surface area contributed by atoms with Gasteiger partial charge in [0.05, 0.1) is 6.04 Å². The standard InChI is InChI=1S/C25H24N4O6/c1-29-20(24(31)32)12-21(28-29)27-23(30)22-19(10-11-34-22)26-25(33)35-13-18-16-8-4-2-6-14(16)15-7-3-5-9-17(15)18/h2-9,12,18-19,22H,10-11,13H2,1H3,(H,26,33)(H,31,32)(H,27,28,30)/t19-,22+/m0/s1. The van der Waals surface area contributed by atoms with Crippen LogP contribution in [0, 0.1) is 0 Å². The van der Waals surface area contributed by atoms with E-state index in [1.165, 1.54) is 13.1 Å². The SMILES string of the molecule is Cn1nc(NC(=O)[C@@H]2OCC[C@@H]2NC(=O)OCC2c3ccccc3-c3ccccc32)cc1C(=O)O. The van der Waals surface area contributed by atoms with E-state index in [-0.39, 0.29) is 30.6 Å². The van der Waals surface area contributed by atoms with Crippen molar-refractivity contribution in [3.8, 4) is 11.1 Å². The predicted octanol–water partition coefficient (Wildman–Crippen LogP) is 2.75. The van der Waals surface area contributed by atoms with Gasteiger partial charge in [-0.2, -0.15) is 5.10 Å². The molecule has 0 bridgehead atoms. The Labute approximate surface area is 200 Å². The average molecular weight is 476 g/mol. The third kappa shape index (κ3) is 4.35. The first kappa shape index (κ1) is 22.6. The van der Waals surface area contributed by atoms with Crippen LogP contribution in [-0.4, -0.2) is 58.2 Å². The van der Waals surface area contributed by atoms with Crippen molar-refractivity contribution in [2.75, 3.05) is 18.5 Å². The number of amides is 2. The molecule has 3 aromatic rings. The number of nitrogens with one attached hydrogen (secondary N) is 2. The highest BCUT2D eigenvalue weighted by molar-refractivity contribution is 5.95. The number of carbonyl (C=O) groups excluding carboxylic acids is 2. The minimum atomic E-state index is -1.16.